The molecule has 0 radical (unpaired) electrons. The monoisotopic (exact) mass is 329 g/mol. The Morgan fingerprint density at radius 2 is 1.74 bits per heavy atom. The van der Waals surface area contributed by atoms with Crippen LogP contribution in [-0.2, 0) is 17.6 Å². The van der Waals surface area contributed by atoms with Gasteiger partial charge in [0.05, 0.1) is 11.0 Å². The van der Waals surface area contributed by atoms with E-state index in [1.165, 1.54) is 5.56 Å². The topological polar surface area (TPSA) is 57.8 Å². The van der Waals surface area contributed by atoms with E-state index in [0.29, 0.717) is 19.4 Å². The van der Waals surface area contributed by atoms with Gasteiger partial charge in [-0.15, -0.1) is 12.4 Å². The average molecular weight is 330 g/mol. The van der Waals surface area contributed by atoms with Gasteiger partial charge in [-0.05, 0) is 24.1 Å². The Morgan fingerprint density at radius 3 is 2.52 bits per heavy atom. The van der Waals surface area contributed by atoms with Gasteiger partial charge in [-0.2, -0.15) is 0 Å². The maximum absolute atomic E-state index is 11.8. The van der Waals surface area contributed by atoms with Crippen LogP contribution in [0, 0.1) is 0 Å². The molecule has 1 aromatic heterocycles. The molecule has 2 aromatic carbocycles. The first-order chi connectivity index (χ1) is 10.8. The van der Waals surface area contributed by atoms with Gasteiger partial charge in [-0.25, -0.2) is 4.98 Å². The van der Waals surface area contributed by atoms with Gasteiger partial charge >= 0.3 is 0 Å². The Labute approximate surface area is 141 Å². The number of rotatable bonds is 6. The number of aromatic amines is 1. The molecule has 2 N–H and O–H groups in total. The van der Waals surface area contributed by atoms with Crippen molar-refractivity contribution in [1.82, 2.24) is 15.3 Å². The number of benzene rings is 2. The number of aromatic nitrogens is 2. The van der Waals surface area contributed by atoms with Crippen LogP contribution >= 0.6 is 12.4 Å². The molecule has 3 aromatic rings. The molecule has 0 unspecified atom stereocenters. The van der Waals surface area contributed by atoms with E-state index in [1.54, 1.807) is 0 Å². The van der Waals surface area contributed by atoms with E-state index < -0.39 is 0 Å². The third-order valence-corrected chi connectivity index (χ3v) is 3.61. The minimum Gasteiger partial charge on any atom is -0.356 e. The van der Waals surface area contributed by atoms with E-state index >= 15 is 0 Å². The van der Waals surface area contributed by atoms with E-state index in [1.807, 2.05) is 54.6 Å². The average Bonchev–Trinajstić information content (AvgIpc) is 2.96. The lowest BCUT2D eigenvalue weighted by atomic mass is 10.1. The van der Waals surface area contributed by atoms with Crippen molar-refractivity contribution in [3.8, 4) is 0 Å². The standard InChI is InChI=1S/C18H19N3O.ClH/c22-18(11-10-14-6-2-1-3-7-14)19-13-12-17-20-15-8-4-5-9-16(15)21-17;/h1-9H,10-13H2,(H,19,22)(H,20,21);1H. The van der Waals surface area contributed by atoms with Gasteiger partial charge in [0, 0.05) is 19.4 Å². The Kier molecular flexibility index (Phi) is 6.18. The third-order valence-electron chi connectivity index (χ3n) is 3.61. The van der Waals surface area contributed by atoms with E-state index in [9.17, 15) is 4.79 Å². The first-order valence-corrected chi connectivity index (χ1v) is 7.55. The zero-order valence-electron chi connectivity index (χ0n) is 12.8. The van der Waals surface area contributed by atoms with Crippen LogP contribution in [-0.4, -0.2) is 22.4 Å². The van der Waals surface area contributed by atoms with Gasteiger partial charge in [0.15, 0.2) is 0 Å². The molecule has 0 spiro atoms. The summed E-state index contributed by atoms with van der Waals surface area (Å²) in [4.78, 5) is 19.6. The van der Waals surface area contributed by atoms with E-state index in [2.05, 4.69) is 15.3 Å². The minimum absolute atomic E-state index is 0. The van der Waals surface area contributed by atoms with Crippen LogP contribution in [0.4, 0.5) is 0 Å². The number of carbonyl (C=O) groups is 1. The maximum Gasteiger partial charge on any atom is 0.220 e. The SMILES string of the molecule is Cl.O=C(CCc1ccccc1)NCCc1nc2ccccc2[nH]1. The number of hydrogen-bond donors (Lipinski definition) is 2. The van der Waals surface area contributed by atoms with Crippen LogP contribution < -0.4 is 5.32 Å². The second-order valence-corrected chi connectivity index (χ2v) is 5.29. The number of hydrogen-bond acceptors (Lipinski definition) is 2. The van der Waals surface area contributed by atoms with Crippen molar-refractivity contribution in [3.05, 3.63) is 66.0 Å². The van der Waals surface area contributed by atoms with Crippen molar-refractivity contribution < 1.29 is 4.79 Å². The lowest BCUT2D eigenvalue weighted by molar-refractivity contribution is -0.121. The Bertz CT molecular complexity index is 722. The van der Waals surface area contributed by atoms with Gasteiger partial charge < -0.3 is 10.3 Å². The number of amides is 1. The van der Waals surface area contributed by atoms with Crippen molar-refractivity contribution in [1.29, 1.82) is 0 Å². The highest BCUT2D eigenvalue weighted by Gasteiger charge is 2.04. The molecule has 0 aliphatic rings. The largest absolute Gasteiger partial charge is 0.356 e. The van der Waals surface area contributed by atoms with E-state index in [-0.39, 0.29) is 18.3 Å². The second kappa shape index (κ2) is 8.34. The number of halogens is 1. The number of H-pyrrole nitrogens is 1. The predicted molar refractivity (Wildman–Crippen MR) is 94.8 cm³/mol. The molecule has 1 heterocycles. The van der Waals surface area contributed by atoms with Gasteiger partial charge in [0.1, 0.15) is 5.82 Å². The van der Waals surface area contributed by atoms with Crippen molar-refractivity contribution in [3.63, 3.8) is 0 Å². The Balaban J connectivity index is 0.00000192. The Morgan fingerprint density at radius 1 is 1.00 bits per heavy atom. The fraction of sp³-hybridized carbons (Fsp3) is 0.222. The van der Waals surface area contributed by atoms with Gasteiger partial charge in [0.2, 0.25) is 5.91 Å². The summed E-state index contributed by atoms with van der Waals surface area (Å²) in [6, 6.07) is 18.0. The second-order valence-electron chi connectivity index (χ2n) is 5.29. The van der Waals surface area contributed by atoms with Crippen LogP contribution in [0.3, 0.4) is 0 Å². The minimum atomic E-state index is 0. The number of imidazole rings is 1. The molecule has 0 atom stereocenters. The molecule has 4 nitrogen and oxygen atoms in total. The van der Waals surface area contributed by atoms with Crippen LogP contribution in [0.25, 0.3) is 11.0 Å². The highest BCUT2D eigenvalue weighted by molar-refractivity contribution is 5.85. The number of fused-ring (bicyclic) bond motifs is 1. The molecule has 0 bridgehead atoms. The lowest BCUT2D eigenvalue weighted by Gasteiger charge is -2.04. The summed E-state index contributed by atoms with van der Waals surface area (Å²) in [6.07, 6.45) is 2.01. The molecule has 0 saturated heterocycles. The maximum atomic E-state index is 11.8. The van der Waals surface area contributed by atoms with Crippen molar-refractivity contribution in [2.75, 3.05) is 6.54 Å². The summed E-state index contributed by atoms with van der Waals surface area (Å²) in [5.74, 6) is 0.990. The van der Waals surface area contributed by atoms with Crippen LogP contribution in [0.1, 0.15) is 17.8 Å². The quantitative estimate of drug-likeness (QED) is 0.729. The van der Waals surface area contributed by atoms with Crippen LogP contribution in [0.2, 0.25) is 0 Å². The molecule has 0 saturated carbocycles. The summed E-state index contributed by atoms with van der Waals surface area (Å²) < 4.78 is 0. The van der Waals surface area contributed by atoms with E-state index in [0.717, 1.165) is 23.3 Å². The van der Waals surface area contributed by atoms with Gasteiger partial charge in [0.25, 0.3) is 0 Å². The fourth-order valence-corrected chi connectivity index (χ4v) is 2.44. The smallest absolute Gasteiger partial charge is 0.220 e. The zero-order valence-corrected chi connectivity index (χ0v) is 13.6. The van der Waals surface area contributed by atoms with Crippen LogP contribution in [0.15, 0.2) is 54.6 Å². The number of nitrogens with zero attached hydrogens (tertiary/aromatic N) is 1. The first kappa shape index (κ1) is 17.0. The molecule has 120 valence electrons. The van der Waals surface area contributed by atoms with Gasteiger partial charge in [-0.1, -0.05) is 42.5 Å². The van der Waals surface area contributed by atoms with Gasteiger partial charge in [-0.3, -0.25) is 4.79 Å². The highest BCUT2D eigenvalue weighted by Crippen LogP contribution is 2.10. The van der Waals surface area contributed by atoms with Crippen molar-refractivity contribution in [2.45, 2.75) is 19.3 Å². The molecular weight excluding hydrogens is 310 g/mol. The zero-order chi connectivity index (χ0) is 15.2. The number of para-hydroxylation sites is 2. The molecule has 5 heteroatoms. The number of nitrogens with one attached hydrogen (secondary N) is 2. The number of carbonyl (C=O) groups excluding carboxylic acids is 1. The van der Waals surface area contributed by atoms with Crippen LogP contribution in [0.5, 0.6) is 0 Å². The molecule has 0 aliphatic heterocycles. The predicted octanol–water partition coefficient (Wildman–Crippen LogP) is 3.28. The first-order valence-electron chi connectivity index (χ1n) is 7.55. The van der Waals surface area contributed by atoms with Crippen molar-refractivity contribution in [2.24, 2.45) is 0 Å². The number of aryl methyl sites for hydroxylation is 1. The fourth-order valence-electron chi connectivity index (χ4n) is 2.44. The molecular formula is C18H20ClN3O. The summed E-state index contributed by atoms with van der Waals surface area (Å²) in [5, 5.41) is 2.95. The summed E-state index contributed by atoms with van der Waals surface area (Å²) in [6.45, 7) is 0.605. The normalized spacial score (nSPS) is 10.3. The van der Waals surface area contributed by atoms with Crippen molar-refractivity contribution >= 4 is 29.3 Å². The summed E-state index contributed by atoms with van der Waals surface area (Å²) in [5.41, 5.74) is 3.19. The molecule has 3 rings (SSSR count). The Hall–Kier alpha value is -2.33. The molecule has 0 fully saturated rings. The highest BCUT2D eigenvalue weighted by atomic mass is 35.5. The summed E-state index contributed by atoms with van der Waals surface area (Å²) >= 11 is 0. The molecule has 0 aliphatic carbocycles. The molecule has 1 amide bonds. The summed E-state index contributed by atoms with van der Waals surface area (Å²) in [7, 11) is 0. The van der Waals surface area contributed by atoms with E-state index in [4.69, 9.17) is 0 Å². The molecule has 23 heavy (non-hydrogen) atoms. The lowest BCUT2D eigenvalue weighted by Crippen LogP contribution is -2.26. The third kappa shape index (κ3) is 4.83.